The molecule has 0 saturated carbocycles. The van der Waals surface area contributed by atoms with Gasteiger partial charge in [0.2, 0.25) is 5.13 Å². The van der Waals surface area contributed by atoms with Crippen LogP contribution in [0, 0.1) is 0 Å². The number of rotatable bonds is 3. The standard InChI is InChI=1S/C13H8F3N5OS/c14-13(15,16)8-2-1-3-9(6-8)21-5-4-10(20-21)11(22)18-12-19-17-7-23-12/h1-7H,(H,18,19,22). The van der Waals surface area contributed by atoms with Gasteiger partial charge in [-0.25, -0.2) is 4.68 Å². The van der Waals surface area contributed by atoms with Crippen LogP contribution in [0.3, 0.4) is 0 Å². The summed E-state index contributed by atoms with van der Waals surface area (Å²) >= 11 is 1.14. The van der Waals surface area contributed by atoms with E-state index in [0.29, 0.717) is 5.13 Å². The fraction of sp³-hybridized carbons (Fsp3) is 0.0769. The molecule has 2 aromatic heterocycles. The van der Waals surface area contributed by atoms with Crippen molar-refractivity contribution in [2.75, 3.05) is 5.32 Å². The van der Waals surface area contributed by atoms with Crippen molar-refractivity contribution >= 4 is 22.4 Å². The van der Waals surface area contributed by atoms with E-state index in [1.54, 1.807) is 0 Å². The Labute approximate surface area is 131 Å². The van der Waals surface area contributed by atoms with Crippen molar-refractivity contribution in [2.45, 2.75) is 6.18 Å². The molecule has 1 aromatic carbocycles. The predicted molar refractivity (Wildman–Crippen MR) is 76.4 cm³/mol. The zero-order chi connectivity index (χ0) is 16.4. The van der Waals surface area contributed by atoms with Crippen molar-refractivity contribution in [3.63, 3.8) is 0 Å². The summed E-state index contributed by atoms with van der Waals surface area (Å²) in [4.78, 5) is 12.0. The molecule has 0 aliphatic rings. The molecule has 0 saturated heterocycles. The van der Waals surface area contributed by atoms with E-state index < -0.39 is 17.6 Å². The zero-order valence-corrected chi connectivity index (χ0v) is 12.1. The Kier molecular flexibility index (Phi) is 3.82. The van der Waals surface area contributed by atoms with Gasteiger partial charge in [-0.15, -0.1) is 10.2 Å². The van der Waals surface area contributed by atoms with Gasteiger partial charge in [-0.3, -0.25) is 10.1 Å². The third kappa shape index (κ3) is 3.37. The summed E-state index contributed by atoms with van der Waals surface area (Å²) in [6.45, 7) is 0. The molecule has 3 rings (SSSR count). The van der Waals surface area contributed by atoms with Crippen LogP contribution < -0.4 is 5.32 Å². The molecule has 23 heavy (non-hydrogen) atoms. The average molecular weight is 339 g/mol. The summed E-state index contributed by atoms with van der Waals surface area (Å²) in [6, 6.07) is 6.07. The molecule has 0 spiro atoms. The Hall–Kier alpha value is -2.75. The van der Waals surface area contributed by atoms with E-state index in [0.717, 1.165) is 23.5 Å². The molecular weight excluding hydrogens is 331 g/mol. The van der Waals surface area contributed by atoms with E-state index in [4.69, 9.17) is 0 Å². The van der Waals surface area contributed by atoms with Crippen LogP contribution in [0.15, 0.2) is 42.0 Å². The largest absolute Gasteiger partial charge is 0.416 e. The van der Waals surface area contributed by atoms with Crippen molar-refractivity contribution < 1.29 is 18.0 Å². The van der Waals surface area contributed by atoms with E-state index >= 15 is 0 Å². The van der Waals surface area contributed by atoms with Crippen LogP contribution in [-0.2, 0) is 6.18 Å². The van der Waals surface area contributed by atoms with E-state index in [1.807, 2.05) is 0 Å². The highest BCUT2D eigenvalue weighted by Gasteiger charge is 2.30. The Bertz CT molecular complexity index is 828. The molecule has 1 N–H and O–H groups in total. The maximum Gasteiger partial charge on any atom is 0.416 e. The lowest BCUT2D eigenvalue weighted by molar-refractivity contribution is -0.137. The number of carbonyl (C=O) groups excluding carboxylic acids is 1. The number of benzene rings is 1. The van der Waals surface area contributed by atoms with Gasteiger partial charge in [-0.1, -0.05) is 17.4 Å². The minimum atomic E-state index is -4.44. The molecule has 0 fully saturated rings. The normalized spacial score (nSPS) is 11.4. The van der Waals surface area contributed by atoms with E-state index in [9.17, 15) is 18.0 Å². The van der Waals surface area contributed by atoms with Crippen molar-refractivity contribution in [1.29, 1.82) is 0 Å². The monoisotopic (exact) mass is 339 g/mol. The quantitative estimate of drug-likeness (QED) is 0.796. The van der Waals surface area contributed by atoms with Crippen LogP contribution >= 0.6 is 11.3 Å². The Morgan fingerprint density at radius 3 is 2.78 bits per heavy atom. The van der Waals surface area contributed by atoms with Gasteiger partial charge in [0, 0.05) is 6.20 Å². The van der Waals surface area contributed by atoms with Crippen LogP contribution in [0.4, 0.5) is 18.3 Å². The third-order valence-electron chi connectivity index (χ3n) is 2.84. The molecule has 3 aromatic rings. The smallest absolute Gasteiger partial charge is 0.295 e. The van der Waals surface area contributed by atoms with Crippen molar-refractivity contribution in [2.24, 2.45) is 0 Å². The van der Waals surface area contributed by atoms with Gasteiger partial charge in [0.15, 0.2) is 5.69 Å². The van der Waals surface area contributed by atoms with Crippen LogP contribution in [0.1, 0.15) is 16.1 Å². The summed E-state index contributed by atoms with van der Waals surface area (Å²) in [5, 5.41) is 14.0. The number of anilines is 1. The highest BCUT2D eigenvalue weighted by atomic mass is 32.1. The Morgan fingerprint density at radius 1 is 1.26 bits per heavy atom. The molecule has 0 aliphatic carbocycles. The lowest BCUT2D eigenvalue weighted by Crippen LogP contribution is -2.13. The second-order valence-corrected chi connectivity index (χ2v) is 5.22. The van der Waals surface area contributed by atoms with E-state index in [2.05, 4.69) is 20.6 Å². The number of nitrogens with one attached hydrogen (secondary N) is 1. The van der Waals surface area contributed by atoms with E-state index in [-0.39, 0.29) is 11.4 Å². The topological polar surface area (TPSA) is 72.7 Å². The maximum absolute atomic E-state index is 12.7. The van der Waals surface area contributed by atoms with E-state index in [1.165, 1.54) is 34.6 Å². The molecule has 0 aliphatic heterocycles. The predicted octanol–water partition coefficient (Wildman–Crippen LogP) is 2.99. The van der Waals surface area contributed by atoms with Gasteiger partial charge in [-0.2, -0.15) is 18.3 Å². The fourth-order valence-electron chi connectivity index (χ4n) is 1.80. The lowest BCUT2D eigenvalue weighted by atomic mass is 10.2. The molecule has 1 amide bonds. The van der Waals surface area contributed by atoms with Gasteiger partial charge < -0.3 is 0 Å². The zero-order valence-electron chi connectivity index (χ0n) is 11.3. The maximum atomic E-state index is 12.7. The summed E-state index contributed by atoms with van der Waals surface area (Å²) in [5.41, 5.74) is 0.925. The molecule has 0 radical (unpaired) electrons. The van der Waals surface area contributed by atoms with Gasteiger partial charge >= 0.3 is 6.18 Å². The van der Waals surface area contributed by atoms with Gasteiger partial charge in [0.1, 0.15) is 5.51 Å². The Morgan fingerprint density at radius 2 is 2.09 bits per heavy atom. The second kappa shape index (κ2) is 5.80. The van der Waals surface area contributed by atoms with Crippen LogP contribution in [0.25, 0.3) is 5.69 Å². The number of halogens is 3. The number of alkyl halides is 3. The first-order valence-electron chi connectivity index (χ1n) is 6.24. The molecule has 118 valence electrons. The SMILES string of the molecule is O=C(Nc1nncs1)c1ccn(-c2cccc(C(F)(F)F)c2)n1. The number of carbonyl (C=O) groups is 1. The van der Waals surface area contributed by atoms with Crippen LogP contribution in [0.2, 0.25) is 0 Å². The molecule has 0 atom stereocenters. The average Bonchev–Trinajstić information content (AvgIpc) is 3.17. The third-order valence-corrected chi connectivity index (χ3v) is 3.45. The summed E-state index contributed by atoms with van der Waals surface area (Å²) in [7, 11) is 0. The highest BCUT2D eigenvalue weighted by molar-refractivity contribution is 7.13. The number of nitrogens with zero attached hydrogens (tertiary/aromatic N) is 4. The first kappa shape index (κ1) is 15.2. The number of aromatic nitrogens is 4. The minimum Gasteiger partial charge on any atom is -0.295 e. The van der Waals surface area contributed by atoms with Crippen LogP contribution in [0.5, 0.6) is 0 Å². The van der Waals surface area contributed by atoms with Crippen molar-refractivity contribution in [1.82, 2.24) is 20.0 Å². The molecule has 0 unspecified atom stereocenters. The minimum absolute atomic E-state index is 0.0533. The second-order valence-electron chi connectivity index (χ2n) is 4.39. The first-order valence-corrected chi connectivity index (χ1v) is 7.12. The fourth-order valence-corrected chi connectivity index (χ4v) is 2.24. The van der Waals surface area contributed by atoms with Gasteiger partial charge in [-0.05, 0) is 24.3 Å². The molecule has 10 heteroatoms. The van der Waals surface area contributed by atoms with Crippen molar-refractivity contribution in [3.05, 3.63) is 53.3 Å². The molecular formula is C13H8F3N5OS. The Balaban J connectivity index is 1.83. The summed E-state index contributed by atoms with van der Waals surface area (Å²) in [6.07, 6.45) is -3.04. The van der Waals surface area contributed by atoms with Gasteiger partial charge in [0.05, 0.1) is 11.3 Å². The highest BCUT2D eigenvalue weighted by Crippen LogP contribution is 2.30. The lowest BCUT2D eigenvalue weighted by Gasteiger charge is -2.08. The number of amides is 1. The van der Waals surface area contributed by atoms with Gasteiger partial charge in [0.25, 0.3) is 5.91 Å². The number of hydrogen-bond donors (Lipinski definition) is 1. The summed E-state index contributed by atoms with van der Waals surface area (Å²) in [5.74, 6) is -0.521. The summed E-state index contributed by atoms with van der Waals surface area (Å²) < 4.78 is 39.4. The van der Waals surface area contributed by atoms with Crippen molar-refractivity contribution in [3.8, 4) is 5.69 Å². The molecule has 0 bridgehead atoms. The van der Waals surface area contributed by atoms with Crippen LogP contribution in [-0.4, -0.2) is 25.9 Å². The first-order chi connectivity index (χ1) is 10.9. The molecule has 6 nitrogen and oxygen atoms in total. The molecule has 2 heterocycles. The number of hydrogen-bond acceptors (Lipinski definition) is 5.